The molecule has 3 nitrogen and oxygen atoms in total. The standard InChI is InChI=1S/2C9H21OSi.C4H9O.Al/c2*1-7(2)11(10,8(3)4)9(5)6;1-2-3-4-5;/h2*7-9H,1-6H3;2-4H2,1H3;/q3*-1;+3. The molecule has 28 heavy (non-hydrogen) atoms. The summed E-state index contributed by atoms with van der Waals surface area (Å²) in [5.74, 6) is 0. The first-order valence-corrected chi connectivity index (χ1v) is 17.5. The van der Waals surface area contributed by atoms with E-state index in [1.807, 2.05) is 0 Å². The van der Waals surface area contributed by atoms with E-state index in [1.54, 1.807) is 0 Å². The van der Waals surface area contributed by atoms with Gasteiger partial charge in [0.1, 0.15) is 0 Å². The van der Waals surface area contributed by atoms with E-state index in [9.17, 15) is 0 Å². The molecule has 0 rings (SSSR count). The van der Waals surface area contributed by atoms with Crippen molar-refractivity contribution >= 4 is 31.8 Å². The predicted molar refractivity (Wildman–Crippen MR) is 131 cm³/mol. The molecule has 0 spiro atoms. The van der Waals surface area contributed by atoms with E-state index in [-0.39, 0.29) is 0 Å². The van der Waals surface area contributed by atoms with Gasteiger partial charge in [0.2, 0.25) is 0 Å². The largest absolute Gasteiger partial charge is 0.883 e. The van der Waals surface area contributed by atoms with E-state index < -0.39 is 31.8 Å². The molecule has 0 aliphatic heterocycles. The average molecular weight is 447 g/mol. The van der Waals surface area contributed by atoms with Gasteiger partial charge in [-0.15, -0.1) is 0 Å². The minimum Gasteiger partial charge on any atom is -0.498 e. The average Bonchev–Trinajstić information content (AvgIpc) is 2.54. The molecule has 0 saturated heterocycles. The van der Waals surface area contributed by atoms with Crippen LogP contribution in [0.5, 0.6) is 0 Å². The molecule has 6 heteroatoms. The van der Waals surface area contributed by atoms with E-state index in [2.05, 4.69) is 90.0 Å². The zero-order valence-corrected chi connectivity index (χ0v) is 24.5. The van der Waals surface area contributed by atoms with Crippen molar-refractivity contribution in [3.8, 4) is 0 Å². The number of hydrogen-bond donors (Lipinski definition) is 0. The lowest BCUT2D eigenvalue weighted by atomic mass is 10.4. The lowest BCUT2D eigenvalue weighted by Crippen LogP contribution is -2.58. The number of rotatable bonds is 14. The first-order valence-electron chi connectivity index (χ1n) is 11.8. The smallest absolute Gasteiger partial charge is 0.498 e. The van der Waals surface area contributed by atoms with Gasteiger partial charge in [0.15, 0.2) is 16.6 Å². The molecule has 0 unspecified atom stereocenters. The molecule has 0 aromatic heterocycles. The van der Waals surface area contributed by atoms with E-state index in [0.717, 1.165) is 19.4 Å². The molecule has 0 aliphatic rings. The summed E-state index contributed by atoms with van der Waals surface area (Å²) in [6.45, 7) is 31.2. The third-order valence-corrected chi connectivity index (χ3v) is 22.9. The Morgan fingerprint density at radius 1 is 0.571 bits per heavy atom. The number of hydrogen-bond acceptors (Lipinski definition) is 3. The van der Waals surface area contributed by atoms with Gasteiger partial charge in [0.25, 0.3) is 0 Å². The van der Waals surface area contributed by atoms with Crippen molar-refractivity contribution in [2.75, 3.05) is 6.61 Å². The van der Waals surface area contributed by atoms with Crippen LogP contribution in [0.1, 0.15) is 103 Å². The molecule has 0 atom stereocenters. The number of unbranched alkanes of at least 4 members (excludes halogenated alkanes) is 1. The van der Waals surface area contributed by atoms with Gasteiger partial charge in [-0.1, -0.05) is 96.4 Å². The molecule has 0 bridgehead atoms. The molecular formula is C22H51AlO3Si2. The van der Waals surface area contributed by atoms with Crippen LogP contribution in [0.25, 0.3) is 0 Å². The van der Waals surface area contributed by atoms with Crippen molar-refractivity contribution < 1.29 is 10.7 Å². The molecule has 0 saturated carbocycles. The maximum absolute atomic E-state index is 7.14. The van der Waals surface area contributed by atoms with E-state index in [0.29, 0.717) is 33.2 Å². The lowest BCUT2D eigenvalue weighted by molar-refractivity contribution is 0.181. The Hall–Kier alpha value is 0.846. The van der Waals surface area contributed by atoms with Gasteiger partial charge in [-0.25, -0.2) is 0 Å². The monoisotopic (exact) mass is 446 g/mol. The highest BCUT2D eigenvalue weighted by Gasteiger charge is 2.55. The summed E-state index contributed by atoms with van der Waals surface area (Å²) < 4.78 is 20.7. The Labute approximate surface area is 185 Å². The Bertz CT molecular complexity index is 348. The molecule has 0 heterocycles. The normalized spacial score (nSPS) is 13.8. The topological polar surface area (TPSA) is 27.7 Å². The highest BCUT2D eigenvalue weighted by atomic mass is 28.4. The molecule has 0 fully saturated rings. The van der Waals surface area contributed by atoms with Gasteiger partial charge in [-0.3, -0.25) is 0 Å². The van der Waals surface area contributed by atoms with Crippen LogP contribution in [0.15, 0.2) is 0 Å². The van der Waals surface area contributed by atoms with Crippen LogP contribution in [0.2, 0.25) is 33.2 Å². The van der Waals surface area contributed by atoms with Crippen LogP contribution in [0, 0.1) is 0 Å². The summed E-state index contributed by atoms with van der Waals surface area (Å²) in [5, 5.41) is 0. The van der Waals surface area contributed by atoms with Gasteiger partial charge in [0, 0.05) is 6.61 Å². The molecule has 0 radical (unpaired) electrons. The highest BCUT2D eigenvalue weighted by molar-refractivity contribution is 6.85. The fourth-order valence-electron chi connectivity index (χ4n) is 5.57. The Kier molecular flexibility index (Phi) is 13.0. The molecule has 0 aromatic rings. The van der Waals surface area contributed by atoms with Gasteiger partial charge >= 0.3 is 15.1 Å². The van der Waals surface area contributed by atoms with Crippen molar-refractivity contribution in [1.82, 2.24) is 0 Å². The minimum absolute atomic E-state index is 0.550. The molecular weight excluding hydrogens is 395 g/mol. The van der Waals surface area contributed by atoms with Gasteiger partial charge in [-0.05, 0) is 39.7 Å². The van der Waals surface area contributed by atoms with Crippen LogP contribution in [0.4, 0.5) is 0 Å². The molecule has 0 aromatic carbocycles. The summed E-state index contributed by atoms with van der Waals surface area (Å²) in [5.41, 5.74) is 3.30. The van der Waals surface area contributed by atoms with Crippen LogP contribution in [0.3, 0.4) is 0 Å². The fourth-order valence-corrected chi connectivity index (χ4v) is 24.3. The molecule has 0 N–H and O–H groups in total. The Morgan fingerprint density at radius 2 is 0.857 bits per heavy atom. The summed E-state index contributed by atoms with van der Waals surface area (Å²) in [6.07, 6.45) is 2.22. The molecule has 0 amide bonds. The first-order chi connectivity index (χ1) is 12.8. The van der Waals surface area contributed by atoms with Crippen molar-refractivity contribution in [3.05, 3.63) is 0 Å². The van der Waals surface area contributed by atoms with Gasteiger partial charge in [-0.2, -0.15) is 0 Å². The van der Waals surface area contributed by atoms with Crippen molar-refractivity contribution in [1.29, 1.82) is 0 Å². The SMILES string of the molecule is CCCC[O][Al]([O][Si](C(C)C)(C(C)C)C(C)C)[O][Si](C(C)C)(C(C)C)C(C)C. The Morgan fingerprint density at radius 3 is 1.07 bits per heavy atom. The lowest BCUT2D eigenvalue weighted by Gasteiger charge is -2.48. The highest BCUT2D eigenvalue weighted by Crippen LogP contribution is 2.46. The van der Waals surface area contributed by atoms with E-state index in [4.69, 9.17) is 10.7 Å². The van der Waals surface area contributed by atoms with E-state index in [1.165, 1.54) is 0 Å². The van der Waals surface area contributed by atoms with Crippen molar-refractivity contribution in [2.24, 2.45) is 0 Å². The summed E-state index contributed by atoms with van der Waals surface area (Å²) in [4.78, 5) is 0. The van der Waals surface area contributed by atoms with Crippen molar-refractivity contribution in [3.63, 3.8) is 0 Å². The zero-order chi connectivity index (χ0) is 22.3. The van der Waals surface area contributed by atoms with Gasteiger partial charge < -0.3 is 10.7 Å². The molecule has 0 aliphatic carbocycles. The van der Waals surface area contributed by atoms with Gasteiger partial charge in [0.05, 0.1) is 0 Å². The third kappa shape index (κ3) is 6.67. The predicted octanol–water partition coefficient (Wildman–Crippen LogP) is 8.17. The second-order valence-corrected chi connectivity index (χ2v) is 23.5. The third-order valence-electron chi connectivity index (χ3n) is 6.77. The minimum atomic E-state index is -2.23. The maximum atomic E-state index is 7.14. The maximum Gasteiger partial charge on any atom is 0.883 e. The zero-order valence-electron chi connectivity index (χ0n) is 21.4. The second kappa shape index (κ2) is 12.6. The van der Waals surface area contributed by atoms with Crippen LogP contribution >= 0.6 is 0 Å². The second-order valence-electron chi connectivity index (χ2n) is 10.4. The summed E-state index contributed by atoms with van der Waals surface area (Å²) in [6, 6.07) is 0. The van der Waals surface area contributed by atoms with Crippen LogP contribution in [-0.2, 0) is 10.7 Å². The van der Waals surface area contributed by atoms with Crippen LogP contribution in [-0.4, -0.2) is 38.4 Å². The summed E-state index contributed by atoms with van der Waals surface area (Å²) >= 11 is -2.23. The van der Waals surface area contributed by atoms with Crippen molar-refractivity contribution in [2.45, 2.75) is 136 Å². The summed E-state index contributed by atoms with van der Waals surface area (Å²) in [7, 11) is -4.04. The Balaban J connectivity index is 6.04. The quantitative estimate of drug-likeness (QED) is 0.199. The molecule has 168 valence electrons. The van der Waals surface area contributed by atoms with Crippen LogP contribution < -0.4 is 0 Å². The van der Waals surface area contributed by atoms with E-state index >= 15 is 0 Å². The fraction of sp³-hybridized carbons (Fsp3) is 1.00. The first kappa shape index (κ1) is 28.8.